The van der Waals surface area contributed by atoms with E-state index in [0.717, 1.165) is 17.8 Å². The van der Waals surface area contributed by atoms with Crippen molar-refractivity contribution >= 4 is 0 Å². The minimum atomic E-state index is 1.01. The van der Waals surface area contributed by atoms with Gasteiger partial charge in [0.1, 0.15) is 0 Å². The van der Waals surface area contributed by atoms with E-state index in [1.807, 2.05) is 0 Å². The second-order valence-corrected chi connectivity index (χ2v) is 5.24. The first-order valence-corrected chi connectivity index (χ1v) is 6.79. The van der Waals surface area contributed by atoms with Crippen molar-refractivity contribution in [2.24, 2.45) is 17.8 Å². The molecule has 0 aliphatic heterocycles. The molecule has 0 radical (unpaired) electrons. The highest BCUT2D eigenvalue weighted by molar-refractivity contribution is 4.78. The van der Waals surface area contributed by atoms with E-state index in [0.29, 0.717) is 0 Å². The van der Waals surface area contributed by atoms with Gasteiger partial charge < -0.3 is 0 Å². The molecule has 0 bridgehead atoms. The van der Waals surface area contributed by atoms with Gasteiger partial charge in [0.15, 0.2) is 0 Å². The van der Waals surface area contributed by atoms with Crippen molar-refractivity contribution < 1.29 is 0 Å². The lowest BCUT2D eigenvalue weighted by atomic mass is 9.71. The van der Waals surface area contributed by atoms with Gasteiger partial charge in [-0.3, -0.25) is 0 Å². The average Bonchev–Trinajstić information content (AvgIpc) is 2.21. The molecule has 0 amide bonds. The van der Waals surface area contributed by atoms with E-state index >= 15 is 0 Å². The predicted molar refractivity (Wildman–Crippen MR) is 64.4 cm³/mol. The van der Waals surface area contributed by atoms with Gasteiger partial charge in [-0.15, -0.1) is 0 Å². The van der Waals surface area contributed by atoms with Crippen LogP contribution in [-0.4, -0.2) is 0 Å². The first-order chi connectivity index (χ1) is 6.79. The summed E-state index contributed by atoms with van der Waals surface area (Å²) in [5.74, 6) is 3.09. The normalized spacial score (nSPS) is 30.2. The second-order valence-electron chi connectivity index (χ2n) is 5.24. The van der Waals surface area contributed by atoms with Crippen LogP contribution in [0, 0.1) is 17.8 Å². The molecule has 0 spiro atoms. The largest absolute Gasteiger partial charge is 0.0654 e. The molecule has 1 fully saturated rings. The van der Waals surface area contributed by atoms with Crippen molar-refractivity contribution in [3.63, 3.8) is 0 Å². The second kappa shape index (κ2) is 6.48. The summed E-state index contributed by atoms with van der Waals surface area (Å²) in [6.07, 6.45) is 11.7. The van der Waals surface area contributed by atoms with Crippen LogP contribution in [0.15, 0.2) is 0 Å². The Morgan fingerprint density at radius 3 is 2.43 bits per heavy atom. The molecule has 0 nitrogen and oxygen atoms in total. The summed E-state index contributed by atoms with van der Waals surface area (Å²) in [4.78, 5) is 0. The van der Waals surface area contributed by atoms with E-state index in [4.69, 9.17) is 0 Å². The van der Waals surface area contributed by atoms with Crippen LogP contribution in [0.25, 0.3) is 0 Å². The van der Waals surface area contributed by atoms with E-state index in [1.165, 1.54) is 51.4 Å². The molecule has 0 N–H and O–H groups in total. The smallest absolute Gasteiger partial charge is 0.0360 e. The van der Waals surface area contributed by atoms with Gasteiger partial charge in [-0.05, 0) is 24.2 Å². The van der Waals surface area contributed by atoms with Gasteiger partial charge in [-0.25, -0.2) is 0 Å². The van der Waals surface area contributed by atoms with Gasteiger partial charge in [0, 0.05) is 0 Å². The van der Waals surface area contributed by atoms with Crippen molar-refractivity contribution in [3.05, 3.63) is 0 Å². The molecule has 0 heteroatoms. The zero-order valence-corrected chi connectivity index (χ0v) is 10.4. The molecule has 1 aliphatic rings. The maximum absolute atomic E-state index is 2.48. The number of unbranched alkanes of at least 4 members (excludes halogenated alkanes) is 1. The van der Waals surface area contributed by atoms with Crippen molar-refractivity contribution in [1.29, 1.82) is 0 Å². The molecule has 0 heterocycles. The van der Waals surface area contributed by atoms with Crippen LogP contribution in [0.3, 0.4) is 0 Å². The molecule has 1 rings (SSSR count). The van der Waals surface area contributed by atoms with Crippen LogP contribution in [0.1, 0.15) is 72.1 Å². The van der Waals surface area contributed by atoms with Gasteiger partial charge in [0.05, 0.1) is 0 Å². The Labute approximate surface area is 90.5 Å². The molecular weight excluding hydrogens is 168 g/mol. The van der Waals surface area contributed by atoms with E-state index < -0.39 is 0 Å². The summed E-state index contributed by atoms with van der Waals surface area (Å²) in [6, 6.07) is 0. The standard InChI is InChI=1S/C14H28/c1-4-6-10-13(5-2)14-11-8-7-9-12(14)3/h12-14H,4-11H2,1-3H3. The van der Waals surface area contributed by atoms with Crippen LogP contribution < -0.4 is 0 Å². The third kappa shape index (κ3) is 3.29. The highest BCUT2D eigenvalue weighted by Gasteiger charge is 2.27. The Bertz CT molecular complexity index is 139. The average molecular weight is 196 g/mol. The van der Waals surface area contributed by atoms with E-state index in [-0.39, 0.29) is 0 Å². The van der Waals surface area contributed by atoms with Crippen molar-refractivity contribution in [2.75, 3.05) is 0 Å². The highest BCUT2D eigenvalue weighted by Crippen LogP contribution is 2.38. The van der Waals surface area contributed by atoms with Crippen LogP contribution in [-0.2, 0) is 0 Å². The predicted octanol–water partition coefficient (Wildman–Crippen LogP) is 5.03. The molecule has 3 atom stereocenters. The fourth-order valence-electron chi connectivity index (χ4n) is 3.23. The zero-order valence-electron chi connectivity index (χ0n) is 10.4. The lowest BCUT2D eigenvalue weighted by molar-refractivity contribution is 0.159. The van der Waals surface area contributed by atoms with Gasteiger partial charge >= 0.3 is 0 Å². The third-order valence-corrected chi connectivity index (χ3v) is 4.24. The monoisotopic (exact) mass is 196 g/mol. The van der Waals surface area contributed by atoms with Crippen LogP contribution in [0.4, 0.5) is 0 Å². The first kappa shape index (κ1) is 12.1. The molecule has 0 saturated heterocycles. The topological polar surface area (TPSA) is 0 Å². The van der Waals surface area contributed by atoms with Crippen LogP contribution >= 0.6 is 0 Å². The quantitative estimate of drug-likeness (QED) is 0.578. The van der Waals surface area contributed by atoms with Gasteiger partial charge in [-0.1, -0.05) is 65.7 Å². The highest BCUT2D eigenvalue weighted by atomic mass is 14.3. The molecule has 3 unspecified atom stereocenters. The van der Waals surface area contributed by atoms with Crippen LogP contribution in [0.2, 0.25) is 0 Å². The van der Waals surface area contributed by atoms with Gasteiger partial charge in [0.2, 0.25) is 0 Å². The summed E-state index contributed by atoms with van der Waals surface area (Å²) in [5, 5.41) is 0. The molecule has 1 aliphatic carbocycles. The third-order valence-electron chi connectivity index (χ3n) is 4.24. The summed E-state index contributed by atoms with van der Waals surface area (Å²) in [6.45, 7) is 7.19. The molecular formula is C14H28. The Kier molecular flexibility index (Phi) is 5.59. The minimum absolute atomic E-state index is 1.01. The first-order valence-electron chi connectivity index (χ1n) is 6.79. The molecule has 14 heavy (non-hydrogen) atoms. The summed E-state index contributed by atoms with van der Waals surface area (Å²) in [7, 11) is 0. The summed E-state index contributed by atoms with van der Waals surface area (Å²) in [5.41, 5.74) is 0. The molecule has 0 aromatic rings. The fourth-order valence-corrected chi connectivity index (χ4v) is 3.23. The minimum Gasteiger partial charge on any atom is -0.0654 e. The lowest BCUT2D eigenvalue weighted by Gasteiger charge is -2.35. The summed E-state index contributed by atoms with van der Waals surface area (Å²) < 4.78 is 0. The Hall–Kier alpha value is 0. The maximum Gasteiger partial charge on any atom is -0.0360 e. The van der Waals surface area contributed by atoms with Gasteiger partial charge in [-0.2, -0.15) is 0 Å². The lowest BCUT2D eigenvalue weighted by Crippen LogP contribution is -2.24. The zero-order chi connectivity index (χ0) is 10.4. The Morgan fingerprint density at radius 1 is 1.14 bits per heavy atom. The SMILES string of the molecule is CCCCC(CC)C1CCCCC1C. The van der Waals surface area contributed by atoms with E-state index in [2.05, 4.69) is 20.8 Å². The molecule has 0 aromatic carbocycles. The molecule has 0 aromatic heterocycles. The number of hydrogen-bond acceptors (Lipinski definition) is 0. The van der Waals surface area contributed by atoms with E-state index in [1.54, 1.807) is 0 Å². The Morgan fingerprint density at radius 2 is 1.86 bits per heavy atom. The number of rotatable bonds is 5. The fraction of sp³-hybridized carbons (Fsp3) is 1.00. The van der Waals surface area contributed by atoms with Crippen molar-refractivity contribution in [1.82, 2.24) is 0 Å². The van der Waals surface area contributed by atoms with Crippen molar-refractivity contribution in [3.8, 4) is 0 Å². The number of hydrogen-bond donors (Lipinski definition) is 0. The maximum atomic E-state index is 2.48. The molecule has 1 saturated carbocycles. The Balaban J connectivity index is 2.40. The van der Waals surface area contributed by atoms with E-state index in [9.17, 15) is 0 Å². The van der Waals surface area contributed by atoms with Crippen molar-refractivity contribution in [2.45, 2.75) is 72.1 Å². The molecule has 84 valence electrons. The summed E-state index contributed by atoms with van der Waals surface area (Å²) >= 11 is 0. The van der Waals surface area contributed by atoms with Crippen LogP contribution in [0.5, 0.6) is 0 Å². The van der Waals surface area contributed by atoms with Gasteiger partial charge in [0.25, 0.3) is 0 Å².